The zero-order valence-corrected chi connectivity index (χ0v) is 21.0. The van der Waals surface area contributed by atoms with Gasteiger partial charge in [0, 0.05) is 11.3 Å². The van der Waals surface area contributed by atoms with Gasteiger partial charge in [0.2, 0.25) is 0 Å². The lowest BCUT2D eigenvalue weighted by molar-refractivity contribution is -0.132. The topological polar surface area (TPSA) is 115 Å². The van der Waals surface area contributed by atoms with Crippen LogP contribution in [0.3, 0.4) is 0 Å². The number of aliphatic hydroxyl groups is 1. The zero-order valence-electron chi connectivity index (χ0n) is 21.0. The fraction of sp³-hybridized carbons (Fsp3) is 0.241. The highest BCUT2D eigenvalue weighted by Gasteiger charge is 2.47. The second-order valence-electron chi connectivity index (χ2n) is 8.61. The molecule has 0 radical (unpaired) electrons. The van der Waals surface area contributed by atoms with Gasteiger partial charge in [-0.05, 0) is 74.0 Å². The van der Waals surface area contributed by atoms with E-state index >= 15 is 0 Å². The van der Waals surface area contributed by atoms with Crippen molar-refractivity contribution in [3.05, 3.63) is 77.4 Å². The molecule has 1 atom stereocenters. The molecule has 0 aromatic heterocycles. The number of hydrogen-bond acceptors (Lipinski definition) is 8. The number of amides is 1. The highest BCUT2D eigenvalue weighted by atomic mass is 16.6. The van der Waals surface area contributed by atoms with E-state index in [2.05, 4.69) is 0 Å². The average molecular weight is 518 g/mol. The van der Waals surface area contributed by atoms with E-state index in [1.165, 1.54) is 11.0 Å². The number of phenolic OH excluding ortho intramolecular Hbond substituents is 1. The summed E-state index contributed by atoms with van der Waals surface area (Å²) < 4.78 is 22.3. The van der Waals surface area contributed by atoms with E-state index in [4.69, 9.17) is 18.9 Å². The zero-order chi connectivity index (χ0) is 26.8. The predicted octanol–water partition coefficient (Wildman–Crippen LogP) is 4.59. The first-order valence-electron chi connectivity index (χ1n) is 12.3. The van der Waals surface area contributed by atoms with E-state index in [0.29, 0.717) is 60.5 Å². The van der Waals surface area contributed by atoms with E-state index in [1.807, 2.05) is 6.92 Å². The lowest BCUT2D eigenvalue weighted by Gasteiger charge is -2.26. The molecule has 2 aliphatic heterocycles. The summed E-state index contributed by atoms with van der Waals surface area (Å²) >= 11 is 0. The number of Topliss-reactive ketones (excluding diaryl/α,β-unsaturated/α-hetero) is 1. The molecule has 2 N–H and O–H groups in total. The number of rotatable bonds is 7. The number of carbonyl (C=O) groups excluding carboxylic acids is 2. The molecule has 2 aliphatic rings. The first-order valence-corrected chi connectivity index (χ1v) is 12.3. The maximum atomic E-state index is 13.5. The number of benzene rings is 3. The number of nitrogens with zero attached hydrogens (tertiary/aromatic N) is 1. The largest absolute Gasteiger partial charge is 0.507 e. The quantitative estimate of drug-likeness (QED) is 0.266. The van der Waals surface area contributed by atoms with Crippen LogP contribution in [0.5, 0.6) is 28.7 Å². The molecule has 0 aliphatic carbocycles. The Morgan fingerprint density at radius 1 is 0.921 bits per heavy atom. The minimum absolute atomic E-state index is 0.0829. The van der Waals surface area contributed by atoms with Gasteiger partial charge in [-0.1, -0.05) is 6.07 Å². The summed E-state index contributed by atoms with van der Waals surface area (Å²) in [5.74, 6) is -0.317. The molecular formula is C29H27NO8. The van der Waals surface area contributed by atoms with Crippen molar-refractivity contribution >= 4 is 23.1 Å². The van der Waals surface area contributed by atoms with Crippen molar-refractivity contribution in [3.63, 3.8) is 0 Å². The van der Waals surface area contributed by atoms with Crippen LogP contribution in [0.2, 0.25) is 0 Å². The van der Waals surface area contributed by atoms with Crippen LogP contribution in [0, 0.1) is 0 Å². The van der Waals surface area contributed by atoms with Gasteiger partial charge in [0.1, 0.15) is 24.7 Å². The first-order chi connectivity index (χ1) is 18.4. The van der Waals surface area contributed by atoms with E-state index in [0.717, 1.165) is 0 Å². The van der Waals surface area contributed by atoms with Crippen molar-refractivity contribution in [1.29, 1.82) is 0 Å². The molecule has 0 bridgehead atoms. The molecule has 9 nitrogen and oxygen atoms in total. The fourth-order valence-electron chi connectivity index (χ4n) is 4.60. The highest BCUT2D eigenvalue weighted by Crippen LogP contribution is 2.45. The third kappa shape index (κ3) is 4.47. The number of hydrogen-bond donors (Lipinski definition) is 2. The molecule has 196 valence electrons. The summed E-state index contributed by atoms with van der Waals surface area (Å²) in [6.07, 6.45) is 0. The molecular weight excluding hydrogens is 490 g/mol. The van der Waals surface area contributed by atoms with Gasteiger partial charge < -0.3 is 29.2 Å². The number of aromatic hydroxyl groups is 1. The van der Waals surface area contributed by atoms with Gasteiger partial charge >= 0.3 is 0 Å². The van der Waals surface area contributed by atoms with Gasteiger partial charge in [0.25, 0.3) is 11.7 Å². The Morgan fingerprint density at radius 2 is 1.63 bits per heavy atom. The van der Waals surface area contributed by atoms with E-state index in [-0.39, 0.29) is 22.8 Å². The molecule has 38 heavy (non-hydrogen) atoms. The number of ketones is 1. The summed E-state index contributed by atoms with van der Waals surface area (Å²) in [6.45, 7) is 5.19. The molecule has 1 unspecified atom stereocenters. The van der Waals surface area contributed by atoms with E-state index in [9.17, 15) is 19.8 Å². The van der Waals surface area contributed by atoms with Crippen LogP contribution in [-0.2, 0) is 9.59 Å². The first kappa shape index (κ1) is 25.0. The number of anilines is 1. The van der Waals surface area contributed by atoms with E-state index < -0.39 is 17.7 Å². The van der Waals surface area contributed by atoms with Gasteiger partial charge in [-0.3, -0.25) is 14.5 Å². The normalized spacial score (nSPS) is 17.9. The molecule has 3 aromatic rings. The lowest BCUT2D eigenvalue weighted by Crippen LogP contribution is -2.29. The lowest BCUT2D eigenvalue weighted by atomic mass is 9.94. The van der Waals surface area contributed by atoms with Gasteiger partial charge in [-0.15, -0.1) is 0 Å². The van der Waals surface area contributed by atoms with E-state index in [1.54, 1.807) is 61.5 Å². The summed E-state index contributed by atoms with van der Waals surface area (Å²) in [5.41, 5.74) is 1.10. The smallest absolute Gasteiger partial charge is 0.300 e. The third-order valence-electron chi connectivity index (χ3n) is 6.29. The molecule has 0 spiro atoms. The predicted molar refractivity (Wildman–Crippen MR) is 139 cm³/mol. The molecule has 1 fully saturated rings. The summed E-state index contributed by atoms with van der Waals surface area (Å²) in [4.78, 5) is 28.2. The maximum absolute atomic E-state index is 13.5. The Kier molecular flexibility index (Phi) is 6.83. The SMILES string of the molecule is CCOc1ccc(N2C(=O)C(=O)/C(=C(/O)c3ccc4c(c3)OCCO4)C2c2ccc(O)c(OCC)c2)cc1. The van der Waals surface area contributed by atoms with Gasteiger partial charge in [0.15, 0.2) is 23.0 Å². The van der Waals surface area contributed by atoms with Crippen molar-refractivity contribution < 1.29 is 38.7 Å². The molecule has 9 heteroatoms. The number of carbonyl (C=O) groups is 2. The fourth-order valence-corrected chi connectivity index (χ4v) is 4.60. The van der Waals surface area contributed by atoms with Crippen molar-refractivity contribution in [2.75, 3.05) is 31.3 Å². The van der Waals surface area contributed by atoms with Crippen LogP contribution in [0.15, 0.2) is 66.2 Å². The molecule has 5 rings (SSSR count). The van der Waals surface area contributed by atoms with Crippen molar-refractivity contribution in [2.45, 2.75) is 19.9 Å². The average Bonchev–Trinajstić information content (AvgIpc) is 3.20. The van der Waals surface area contributed by atoms with Crippen LogP contribution in [0.1, 0.15) is 31.0 Å². The van der Waals surface area contributed by atoms with Crippen molar-refractivity contribution in [3.8, 4) is 28.7 Å². The Bertz CT molecular complexity index is 1410. The standard InChI is InChI=1S/C29H27NO8/c1-3-35-20-9-7-19(8-10-20)30-26(17-5-11-21(31)23(15-17)36-4-2)25(28(33)29(30)34)27(32)18-6-12-22-24(16-18)38-14-13-37-22/h5-12,15-16,26,31-32H,3-4,13-14H2,1-2H3/b27-25+. The number of phenols is 1. The summed E-state index contributed by atoms with van der Waals surface area (Å²) in [7, 11) is 0. The summed E-state index contributed by atoms with van der Waals surface area (Å²) in [5, 5.41) is 21.7. The number of ether oxygens (including phenoxy) is 4. The number of fused-ring (bicyclic) bond motifs is 1. The maximum Gasteiger partial charge on any atom is 0.300 e. The molecule has 1 saturated heterocycles. The molecule has 2 heterocycles. The summed E-state index contributed by atoms with van der Waals surface area (Å²) in [6, 6.07) is 15.2. The second-order valence-corrected chi connectivity index (χ2v) is 8.61. The molecule has 3 aromatic carbocycles. The molecule has 1 amide bonds. The third-order valence-corrected chi connectivity index (χ3v) is 6.29. The Morgan fingerprint density at radius 3 is 2.34 bits per heavy atom. The van der Waals surface area contributed by atoms with Gasteiger partial charge in [-0.2, -0.15) is 0 Å². The minimum atomic E-state index is -0.999. The Balaban J connectivity index is 1.67. The Hall–Kier alpha value is -4.66. The highest BCUT2D eigenvalue weighted by molar-refractivity contribution is 6.51. The minimum Gasteiger partial charge on any atom is -0.507 e. The Labute approximate surface area is 219 Å². The van der Waals surface area contributed by atoms with Crippen LogP contribution >= 0.6 is 0 Å². The monoisotopic (exact) mass is 517 g/mol. The van der Waals surface area contributed by atoms with Crippen molar-refractivity contribution in [2.24, 2.45) is 0 Å². The molecule has 0 saturated carbocycles. The number of aliphatic hydroxyl groups excluding tert-OH is 1. The van der Waals surface area contributed by atoms with Crippen molar-refractivity contribution in [1.82, 2.24) is 0 Å². The van der Waals surface area contributed by atoms with Crippen LogP contribution in [0.25, 0.3) is 5.76 Å². The van der Waals surface area contributed by atoms with Crippen LogP contribution in [-0.4, -0.2) is 48.3 Å². The van der Waals surface area contributed by atoms with Crippen LogP contribution < -0.4 is 23.8 Å². The second kappa shape index (κ2) is 10.4. The van der Waals surface area contributed by atoms with Crippen LogP contribution in [0.4, 0.5) is 5.69 Å². The van der Waals surface area contributed by atoms with Gasteiger partial charge in [0.05, 0.1) is 24.8 Å². The van der Waals surface area contributed by atoms with Gasteiger partial charge in [-0.25, -0.2) is 0 Å².